The molecular weight excluding hydrogens is 336 g/mol. The number of hydrogen-bond donors (Lipinski definition) is 0. The molecule has 0 aliphatic carbocycles. The molecule has 27 heavy (non-hydrogen) atoms. The number of amides is 1. The molecule has 0 unspecified atom stereocenters. The molecule has 1 aliphatic rings. The van der Waals surface area contributed by atoms with Crippen LogP contribution < -0.4 is 9.64 Å². The molecular formula is C23H30N2O2. The van der Waals surface area contributed by atoms with Crippen molar-refractivity contribution in [1.82, 2.24) is 4.90 Å². The highest BCUT2D eigenvalue weighted by Crippen LogP contribution is 2.25. The molecule has 0 spiro atoms. The smallest absolute Gasteiger partial charge is 0.263 e. The van der Waals surface area contributed by atoms with Crippen LogP contribution in [0.2, 0.25) is 0 Å². The minimum Gasteiger partial charge on any atom is -0.481 e. The Bertz CT molecular complexity index is 823. The third-order valence-corrected chi connectivity index (χ3v) is 5.71. The average molecular weight is 367 g/mol. The molecule has 3 rings (SSSR count). The van der Waals surface area contributed by atoms with E-state index in [0.717, 1.165) is 37.5 Å². The Balaban J connectivity index is 1.61. The summed E-state index contributed by atoms with van der Waals surface area (Å²) < 4.78 is 5.98. The van der Waals surface area contributed by atoms with Crippen LogP contribution in [0, 0.1) is 27.7 Å². The van der Waals surface area contributed by atoms with Gasteiger partial charge in [0.2, 0.25) is 0 Å². The fraction of sp³-hybridized carbons (Fsp3) is 0.435. The van der Waals surface area contributed by atoms with Gasteiger partial charge in [0.15, 0.2) is 6.10 Å². The predicted molar refractivity (Wildman–Crippen MR) is 111 cm³/mol. The molecule has 0 bridgehead atoms. The molecule has 0 saturated carbocycles. The van der Waals surface area contributed by atoms with Gasteiger partial charge in [-0.2, -0.15) is 0 Å². The average Bonchev–Trinajstić information content (AvgIpc) is 2.67. The van der Waals surface area contributed by atoms with E-state index in [4.69, 9.17) is 4.74 Å². The minimum absolute atomic E-state index is 0.0662. The van der Waals surface area contributed by atoms with Gasteiger partial charge in [0.1, 0.15) is 5.75 Å². The highest BCUT2D eigenvalue weighted by atomic mass is 16.5. The summed E-state index contributed by atoms with van der Waals surface area (Å²) in [7, 11) is 0. The van der Waals surface area contributed by atoms with Crippen LogP contribution in [0.15, 0.2) is 36.4 Å². The third kappa shape index (κ3) is 4.10. The molecule has 0 aromatic heterocycles. The molecule has 1 aliphatic heterocycles. The van der Waals surface area contributed by atoms with Gasteiger partial charge in [-0.1, -0.05) is 24.3 Å². The van der Waals surface area contributed by atoms with Crippen LogP contribution in [0.5, 0.6) is 5.75 Å². The van der Waals surface area contributed by atoms with Crippen molar-refractivity contribution >= 4 is 11.6 Å². The van der Waals surface area contributed by atoms with Crippen molar-refractivity contribution in [2.45, 2.75) is 40.7 Å². The standard InChI is InChI=1S/C23H30N2O2/c1-16-8-6-10-21(18(16)3)24-12-14-25(15-13-24)23(26)20(5)27-22-11-7-9-17(2)19(22)4/h6-11,20H,12-15H2,1-5H3/t20-/m0/s1. The van der Waals surface area contributed by atoms with Crippen LogP contribution in [0.3, 0.4) is 0 Å². The SMILES string of the molecule is Cc1cccc(O[C@@H](C)C(=O)N2CCN(c3cccc(C)c3C)CC2)c1C. The third-order valence-electron chi connectivity index (χ3n) is 5.71. The first kappa shape index (κ1) is 19.3. The molecule has 1 fully saturated rings. The van der Waals surface area contributed by atoms with Crippen LogP contribution in [0.25, 0.3) is 0 Å². The molecule has 144 valence electrons. The number of rotatable bonds is 4. The summed E-state index contributed by atoms with van der Waals surface area (Å²) in [5.41, 5.74) is 6.18. The number of benzene rings is 2. The van der Waals surface area contributed by atoms with Crippen molar-refractivity contribution < 1.29 is 9.53 Å². The zero-order valence-electron chi connectivity index (χ0n) is 17.1. The van der Waals surface area contributed by atoms with Crippen molar-refractivity contribution in [3.63, 3.8) is 0 Å². The van der Waals surface area contributed by atoms with E-state index in [2.05, 4.69) is 49.9 Å². The zero-order chi connectivity index (χ0) is 19.6. The van der Waals surface area contributed by atoms with E-state index < -0.39 is 6.10 Å². The second-order valence-corrected chi connectivity index (χ2v) is 7.49. The molecule has 1 heterocycles. The molecule has 0 radical (unpaired) electrons. The monoisotopic (exact) mass is 366 g/mol. The summed E-state index contributed by atoms with van der Waals surface area (Å²) in [6, 6.07) is 12.4. The topological polar surface area (TPSA) is 32.8 Å². The van der Waals surface area contributed by atoms with Crippen molar-refractivity contribution in [2.75, 3.05) is 31.1 Å². The quantitative estimate of drug-likeness (QED) is 0.819. The van der Waals surface area contributed by atoms with Gasteiger partial charge in [-0.3, -0.25) is 4.79 Å². The lowest BCUT2D eigenvalue weighted by Gasteiger charge is -2.38. The molecule has 1 amide bonds. The van der Waals surface area contributed by atoms with Crippen molar-refractivity contribution in [3.05, 3.63) is 58.7 Å². The summed E-state index contributed by atoms with van der Waals surface area (Å²) in [5.74, 6) is 0.862. The van der Waals surface area contributed by atoms with E-state index in [1.54, 1.807) is 0 Å². The summed E-state index contributed by atoms with van der Waals surface area (Å²) >= 11 is 0. The van der Waals surface area contributed by atoms with E-state index in [-0.39, 0.29) is 5.91 Å². The highest BCUT2D eigenvalue weighted by Gasteiger charge is 2.27. The summed E-state index contributed by atoms with van der Waals surface area (Å²) in [4.78, 5) is 17.2. The van der Waals surface area contributed by atoms with E-state index >= 15 is 0 Å². The lowest BCUT2D eigenvalue weighted by atomic mass is 10.1. The van der Waals surface area contributed by atoms with Gasteiger partial charge in [0.25, 0.3) is 5.91 Å². The van der Waals surface area contributed by atoms with Gasteiger partial charge in [-0.25, -0.2) is 0 Å². The van der Waals surface area contributed by atoms with Gasteiger partial charge < -0.3 is 14.5 Å². The van der Waals surface area contributed by atoms with E-state index in [1.165, 1.54) is 22.4 Å². The van der Waals surface area contributed by atoms with Crippen molar-refractivity contribution in [3.8, 4) is 5.75 Å². The molecule has 2 aromatic rings. The fourth-order valence-corrected chi connectivity index (χ4v) is 3.60. The van der Waals surface area contributed by atoms with Gasteiger partial charge in [0, 0.05) is 31.9 Å². The molecule has 1 saturated heterocycles. The van der Waals surface area contributed by atoms with Crippen LogP contribution >= 0.6 is 0 Å². The van der Waals surface area contributed by atoms with Crippen molar-refractivity contribution in [2.24, 2.45) is 0 Å². The Morgan fingerprint density at radius 3 is 2.15 bits per heavy atom. The number of carbonyl (C=O) groups excluding carboxylic acids is 1. The van der Waals surface area contributed by atoms with Gasteiger partial charge in [-0.05, 0) is 69.0 Å². The molecule has 4 heteroatoms. The Morgan fingerprint density at radius 2 is 1.48 bits per heavy atom. The minimum atomic E-state index is -0.474. The van der Waals surface area contributed by atoms with E-state index in [0.29, 0.717) is 0 Å². The second-order valence-electron chi connectivity index (χ2n) is 7.49. The normalized spacial score (nSPS) is 15.6. The van der Waals surface area contributed by atoms with Gasteiger partial charge in [-0.15, -0.1) is 0 Å². The van der Waals surface area contributed by atoms with Crippen LogP contribution in [-0.4, -0.2) is 43.1 Å². The first-order valence-corrected chi connectivity index (χ1v) is 9.71. The predicted octanol–water partition coefficient (Wildman–Crippen LogP) is 4.04. The molecule has 1 atom stereocenters. The first-order valence-electron chi connectivity index (χ1n) is 9.71. The molecule has 0 N–H and O–H groups in total. The maximum Gasteiger partial charge on any atom is 0.263 e. The van der Waals surface area contributed by atoms with Crippen molar-refractivity contribution in [1.29, 1.82) is 0 Å². The number of hydrogen-bond acceptors (Lipinski definition) is 3. The zero-order valence-corrected chi connectivity index (χ0v) is 17.1. The van der Waals surface area contributed by atoms with E-state index in [9.17, 15) is 4.79 Å². The molecule has 2 aromatic carbocycles. The van der Waals surface area contributed by atoms with Gasteiger partial charge in [0.05, 0.1) is 0 Å². The summed E-state index contributed by atoms with van der Waals surface area (Å²) in [5, 5.41) is 0. The summed E-state index contributed by atoms with van der Waals surface area (Å²) in [6.07, 6.45) is -0.474. The maximum absolute atomic E-state index is 12.8. The Morgan fingerprint density at radius 1 is 0.889 bits per heavy atom. The second kappa shape index (κ2) is 8.03. The first-order chi connectivity index (χ1) is 12.9. The number of ether oxygens (including phenoxy) is 1. The lowest BCUT2D eigenvalue weighted by molar-refractivity contribution is -0.138. The number of anilines is 1. The summed E-state index contributed by atoms with van der Waals surface area (Å²) in [6.45, 7) is 13.4. The highest BCUT2D eigenvalue weighted by molar-refractivity contribution is 5.81. The van der Waals surface area contributed by atoms with Crippen LogP contribution in [0.1, 0.15) is 29.2 Å². The number of piperazine rings is 1. The number of aryl methyl sites for hydroxylation is 2. The van der Waals surface area contributed by atoms with Crippen LogP contribution in [-0.2, 0) is 4.79 Å². The fourth-order valence-electron chi connectivity index (χ4n) is 3.60. The Labute approximate surface area is 162 Å². The van der Waals surface area contributed by atoms with Crippen LogP contribution in [0.4, 0.5) is 5.69 Å². The molecule has 4 nitrogen and oxygen atoms in total. The Hall–Kier alpha value is -2.49. The Kier molecular flexibility index (Phi) is 5.73. The van der Waals surface area contributed by atoms with E-state index in [1.807, 2.05) is 30.9 Å². The van der Waals surface area contributed by atoms with Gasteiger partial charge >= 0.3 is 0 Å². The lowest BCUT2D eigenvalue weighted by Crippen LogP contribution is -2.52. The number of carbonyl (C=O) groups is 1. The number of nitrogens with zero attached hydrogens (tertiary/aromatic N) is 2. The largest absolute Gasteiger partial charge is 0.481 e. The maximum atomic E-state index is 12.8.